The lowest BCUT2D eigenvalue weighted by atomic mass is 10.1. The molecule has 2 rings (SSSR count). The molecule has 1 saturated carbocycles. The van der Waals surface area contributed by atoms with E-state index in [9.17, 15) is 9.59 Å². The maximum atomic E-state index is 11.9. The second kappa shape index (κ2) is 8.85. The van der Waals surface area contributed by atoms with Crippen LogP contribution in [0, 0.1) is 0 Å². The van der Waals surface area contributed by atoms with Crippen molar-refractivity contribution in [2.45, 2.75) is 51.5 Å². The first kappa shape index (κ1) is 16.9. The molecule has 1 aromatic heterocycles. The summed E-state index contributed by atoms with van der Waals surface area (Å²) >= 11 is 1.25. The van der Waals surface area contributed by atoms with Crippen LogP contribution in [0.5, 0.6) is 0 Å². The minimum atomic E-state index is -0.199. The predicted molar refractivity (Wildman–Crippen MR) is 88.2 cm³/mol. The number of hydrogen-bond acceptors (Lipinski definition) is 5. The Morgan fingerprint density at radius 3 is 2.64 bits per heavy atom. The summed E-state index contributed by atoms with van der Waals surface area (Å²) in [7, 11) is 0. The van der Waals surface area contributed by atoms with E-state index in [1.54, 1.807) is 5.38 Å². The van der Waals surface area contributed by atoms with Crippen LogP contribution >= 0.6 is 11.3 Å². The Bertz CT molecular complexity index is 495. The van der Waals surface area contributed by atoms with Gasteiger partial charge in [-0.15, -0.1) is 11.3 Å². The highest BCUT2D eigenvalue weighted by atomic mass is 32.1. The van der Waals surface area contributed by atoms with Crippen LogP contribution in [0.15, 0.2) is 5.38 Å². The molecule has 1 aliphatic rings. The highest BCUT2D eigenvalue weighted by Crippen LogP contribution is 2.17. The largest absolute Gasteiger partial charge is 0.349 e. The summed E-state index contributed by atoms with van der Waals surface area (Å²) in [6.45, 7) is 2.78. The van der Waals surface area contributed by atoms with Crippen LogP contribution in [0.2, 0.25) is 0 Å². The molecule has 1 fully saturated rings. The smallest absolute Gasteiger partial charge is 0.270 e. The van der Waals surface area contributed by atoms with Crippen molar-refractivity contribution in [1.82, 2.24) is 15.6 Å². The molecular formula is C15H24N4O2S. The molecule has 0 aliphatic heterocycles. The molecule has 0 spiro atoms. The monoisotopic (exact) mass is 324 g/mol. The summed E-state index contributed by atoms with van der Waals surface area (Å²) in [6, 6.07) is 0.588. The fourth-order valence-electron chi connectivity index (χ4n) is 2.61. The lowest BCUT2D eigenvalue weighted by molar-refractivity contribution is -0.114. The van der Waals surface area contributed by atoms with E-state index in [1.807, 2.05) is 0 Å². The van der Waals surface area contributed by atoms with Gasteiger partial charge in [0.1, 0.15) is 5.69 Å². The highest BCUT2D eigenvalue weighted by Gasteiger charge is 2.13. The number of nitrogens with zero attached hydrogens (tertiary/aromatic N) is 1. The van der Waals surface area contributed by atoms with E-state index in [1.165, 1.54) is 56.8 Å². The van der Waals surface area contributed by atoms with Crippen LogP contribution in [0.4, 0.5) is 5.13 Å². The van der Waals surface area contributed by atoms with Crippen LogP contribution < -0.4 is 16.0 Å². The van der Waals surface area contributed by atoms with Gasteiger partial charge in [0.05, 0.1) is 0 Å². The third-order valence-electron chi connectivity index (χ3n) is 3.72. The Labute approximate surface area is 135 Å². The fourth-order valence-corrected chi connectivity index (χ4v) is 3.35. The molecule has 0 atom stereocenters. The minimum Gasteiger partial charge on any atom is -0.349 e. The van der Waals surface area contributed by atoms with E-state index in [0.717, 1.165) is 6.54 Å². The Morgan fingerprint density at radius 1 is 1.23 bits per heavy atom. The van der Waals surface area contributed by atoms with Crippen molar-refractivity contribution in [3.05, 3.63) is 11.1 Å². The molecule has 1 aliphatic carbocycles. The maximum Gasteiger partial charge on any atom is 0.270 e. The number of amides is 2. The number of carbonyl (C=O) groups excluding carboxylic acids is 2. The number of nitrogens with one attached hydrogen (secondary N) is 3. The van der Waals surface area contributed by atoms with Gasteiger partial charge in [0.2, 0.25) is 5.91 Å². The predicted octanol–water partition coefficient (Wildman–Crippen LogP) is 2.14. The zero-order valence-electron chi connectivity index (χ0n) is 13.0. The zero-order chi connectivity index (χ0) is 15.8. The van der Waals surface area contributed by atoms with Crippen molar-refractivity contribution in [3.63, 3.8) is 0 Å². The van der Waals surface area contributed by atoms with E-state index >= 15 is 0 Å². The average Bonchev–Trinajstić information content (AvgIpc) is 2.78. The highest BCUT2D eigenvalue weighted by molar-refractivity contribution is 7.14. The van der Waals surface area contributed by atoms with Gasteiger partial charge in [-0.25, -0.2) is 4.98 Å². The van der Waals surface area contributed by atoms with Crippen molar-refractivity contribution < 1.29 is 9.59 Å². The van der Waals surface area contributed by atoms with Crippen molar-refractivity contribution in [2.75, 3.05) is 18.4 Å². The number of hydrogen-bond donors (Lipinski definition) is 3. The molecule has 22 heavy (non-hydrogen) atoms. The van der Waals surface area contributed by atoms with Crippen molar-refractivity contribution in [3.8, 4) is 0 Å². The fraction of sp³-hybridized carbons (Fsp3) is 0.667. The first-order valence-electron chi connectivity index (χ1n) is 7.90. The molecule has 3 N–H and O–H groups in total. The molecule has 6 nitrogen and oxygen atoms in total. The van der Waals surface area contributed by atoms with Gasteiger partial charge in [-0.3, -0.25) is 9.59 Å². The lowest BCUT2D eigenvalue weighted by Crippen LogP contribution is -2.37. The Morgan fingerprint density at radius 2 is 1.95 bits per heavy atom. The normalized spacial score (nSPS) is 16.0. The van der Waals surface area contributed by atoms with E-state index in [4.69, 9.17) is 0 Å². The topological polar surface area (TPSA) is 83.1 Å². The molecular weight excluding hydrogens is 300 g/mol. The SMILES string of the molecule is CC(=O)Nc1nc(C(=O)NCCNC2CCCCCC2)cs1. The van der Waals surface area contributed by atoms with Gasteiger partial charge in [-0.2, -0.15) is 0 Å². The summed E-state index contributed by atoms with van der Waals surface area (Å²) in [4.78, 5) is 27.0. The number of thiazole rings is 1. The molecule has 0 bridgehead atoms. The van der Waals surface area contributed by atoms with Gasteiger partial charge in [0.25, 0.3) is 5.91 Å². The molecule has 0 unspecified atom stereocenters. The molecule has 7 heteroatoms. The summed E-state index contributed by atoms with van der Waals surface area (Å²) in [6.07, 6.45) is 7.76. The van der Waals surface area contributed by atoms with Crippen LogP contribution in [0.3, 0.4) is 0 Å². The zero-order valence-corrected chi connectivity index (χ0v) is 13.8. The van der Waals surface area contributed by atoms with Crippen molar-refractivity contribution in [1.29, 1.82) is 0 Å². The van der Waals surface area contributed by atoms with Crippen LogP contribution in [0.1, 0.15) is 55.9 Å². The van der Waals surface area contributed by atoms with Crippen molar-refractivity contribution in [2.24, 2.45) is 0 Å². The van der Waals surface area contributed by atoms with E-state index < -0.39 is 0 Å². The van der Waals surface area contributed by atoms with E-state index in [-0.39, 0.29) is 11.8 Å². The van der Waals surface area contributed by atoms with Gasteiger partial charge in [-0.05, 0) is 12.8 Å². The summed E-state index contributed by atoms with van der Waals surface area (Å²) in [5.74, 6) is -0.385. The Balaban J connectivity index is 1.66. The Kier molecular flexibility index (Phi) is 6.79. The van der Waals surface area contributed by atoms with Crippen LogP contribution in [0.25, 0.3) is 0 Å². The van der Waals surface area contributed by atoms with Crippen molar-refractivity contribution >= 4 is 28.3 Å². The second-order valence-electron chi connectivity index (χ2n) is 5.62. The first-order valence-corrected chi connectivity index (χ1v) is 8.78. The summed E-state index contributed by atoms with van der Waals surface area (Å²) < 4.78 is 0. The standard InChI is InChI=1S/C15H24N4O2S/c1-11(20)18-15-19-13(10-22-15)14(21)17-9-8-16-12-6-4-2-3-5-7-12/h10,12,16H,2-9H2,1H3,(H,17,21)(H,18,19,20). The first-order chi connectivity index (χ1) is 10.6. The molecule has 1 heterocycles. The van der Waals surface area contributed by atoms with Gasteiger partial charge >= 0.3 is 0 Å². The van der Waals surface area contributed by atoms with Gasteiger partial charge in [0.15, 0.2) is 5.13 Å². The number of carbonyl (C=O) groups is 2. The quantitative estimate of drug-likeness (QED) is 0.553. The number of anilines is 1. The van der Waals surface area contributed by atoms with Crippen LogP contribution in [-0.2, 0) is 4.79 Å². The van der Waals surface area contributed by atoms with Gasteiger partial charge < -0.3 is 16.0 Å². The molecule has 1 aromatic rings. The van der Waals surface area contributed by atoms with Gasteiger partial charge in [-0.1, -0.05) is 25.7 Å². The maximum absolute atomic E-state index is 11.9. The molecule has 122 valence electrons. The van der Waals surface area contributed by atoms with Crippen LogP contribution in [-0.4, -0.2) is 35.9 Å². The van der Waals surface area contributed by atoms with Gasteiger partial charge in [0, 0.05) is 31.4 Å². The minimum absolute atomic E-state index is 0.186. The van der Waals surface area contributed by atoms with E-state index in [2.05, 4.69) is 20.9 Å². The van der Waals surface area contributed by atoms with E-state index in [0.29, 0.717) is 23.4 Å². The second-order valence-corrected chi connectivity index (χ2v) is 6.48. The number of aromatic nitrogens is 1. The molecule has 2 amide bonds. The summed E-state index contributed by atoms with van der Waals surface area (Å²) in [5.41, 5.74) is 0.350. The molecule has 0 aromatic carbocycles. The number of rotatable bonds is 6. The lowest BCUT2D eigenvalue weighted by Gasteiger charge is -2.16. The molecule has 0 saturated heterocycles. The Hall–Kier alpha value is -1.47. The third-order valence-corrected chi connectivity index (χ3v) is 4.48. The molecule has 0 radical (unpaired) electrons. The average molecular weight is 324 g/mol. The third kappa shape index (κ3) is 5.73. The summed E-state index contributed by atoms with van der Waals surface area (Å²) in [5, 5.41) is 11.0.